The summed E-state index contributed by atoms with van der Waals surface area (Å²) in [6.07, 6.45) is 5.34. The van der Waals surface area contributed by atoms with E-state index in [9.17, 15) is 14.7 Å². The lowest BCUT2D eigenvalue weighted by atomic mass is 9.82. The minimum atomic E-state index is -1.35. The molecule has 1 aliphatic heterocycles. The van der Waals surface area contributed by atoms with Gasteiger partial charge in [0.05, 0.1) is 0 Å². The van der Waals surface area contributed by atoms with Crippen LogP contribution in [0.15, 0.2) is 41.3 Å². The Hall–Kier alpha value is -2.39. The first-order valence-corrected chi connectivity index (χ1v) is 14.9. The largest absolute Gasteiger partial charge is 0.478 e. The summed E-state index contributed by atoms with van der Waals surface area (Å²) in [5, 5.41) is 9.53. The monoisotopic (exact) mass is 557 g/mol. The first kappa shape index (κ1) is 31.1. The van der Waals surface area contributed by atoms with Crippen molar-refractivity contribution in [2.75, 3.05) is 39.5 Å². The van der Waals surface area contributed by atoms with Crippen LogP contribution in [0.4, 0.5) is 0 Å². The average molecular weight is 558 g/mol. The lowest BCUT2D eigenvalue weighted by Gasteiger charge is -2.26. The number of hydrogen-bond donors (Lipinski definition) is 1. The van der Waals surface area contributed by atoms with Crippen LogP contribution < -0.4 is 4.74 Å². The first-order chi connectivity index (χ1) is 18.6. The zero-order chi connectivity index (χ0) is 28.6. The van der Waals surface area contributed by atoms with Gasteiger partial charge in [-0.1, -0.05) is 44.0 Å². The fourth-order valence-electron chi connectivity index (χ4n) is 4.96. The van der Waals surface area contributed by atoms with Crippen LogP contribution in [0.5, 0.6) is 5.75 Å². The van der Waals surface area contributed by atoms with Crippen molar-refractivity contribution in [3.05, 3.63) is 58.7 Å². The van der Waals surface area contributed by atoms with Gasteiger partial charge < -0.3 is 19.3 Å². The third-order valence-electron chi connectivity index (χ3n) is 7.22. The molecule has 1 aliphatic rings. The molecular weight excluding hydrogens is 514 g/mol. The van der Waals surface area contributed by atoms with E-state index in [0.29, 0.717) is 37.7 Å². The van der Waals surface area contributed by atoms with E-state index in [4.69, 9.17) is 14.2 Å². The number of unbranched alkanes of at least 4 members (excludes halogenated alkanes) is 2. The summed E-state index contributed by atoms with van der Waals surface area (Å²) >= 11 is 1.65. The average Bonchev–Trinajstić information content (AvgIpc) is 3.34. The maximum Gasteiger partial charge on any atom is 0.347 e. The van der Waals surface area contributed by atoms with Crippen molar-refractivity contribution in [1.29, 1.82) is 0 Å². The van der Waals surface area contributed by atoms with Crippen molar-refractivity contribution < 1.29 is 28.9 Å². The first-order valence-electron chi connectivity index (χ1n) is 13.7. The summed E-state index contributed by atoms with van der Waals surface area (Å²) in [4.78, 5) is 28.7. The van der Waals surface area contributed by atoms with Crippen LogP contribution in [-0.2, 0) is 14.3 Å². The lowest BCUT2D eigenvalue weighted by Crippen LogP contribution is -2.38. The molecule has 1 N–H and O–H groups in total. The minimum absolute atomic E-state index is 0.0364. The lowest BCUT2D eigenvalue weighted by molar-refractivity contribution is -0.152. The Bertz CT molecular complexity index is 1090. The smallest absolute Gasteiger partial charge is 0.347 e. The van der Waals surface area contributed by atoms with E-state index in [1.54, 1.807) is 25.6 Å². The third-order valence-corrected chi connectivity index (χ3v) is 7.97. The molecule has 2 aromatic rings. The molecule has 39 heavy (non-hydrogen) atoms. The number of ketones is 1. The highest BCUT2D eigenvalue weighted by Crippen LogP contribution is 2.39. The number of benzene rings is 2. The molecule has 2 atom stereocenters. The van der Waals surface area contributed by atoms with E-state index >= 15 is 0 Å². The summed E-state index contributed by atoms with van der Waals surface area (Å²) < 4.78 is 17.3. The zero-order valence-electron chi connectivity index (χ0n) is 24.1. The summed E-state index contributed by atoms with van der Waals surface area (Å²) in [7, 11) is 0. The Morgan fingerprint density at radius 2 is 1.72 bits per heavy atom. The van der Waals surface area contributed by atoms with Crippen molar-refractivity contribution in [2.24, 2.45) is 5.92 Å². The molecule has 3 rings (SSSR count). The zero-order valence-corrected chi connectivity index (χ0v) is 24.9. The molecule has 0 spiro atoms. The van der Waals surface area contributed by atoms with Crippen LogP contribution in [0.25, 0.3) is 0 Å². The number of likely N-dealkylation sites (tertiary alicyclic amines) is 1. The van der Waals surface area contributed by atoms with E-state index in [0.717, 1.165) is 40.8 Å². The molecule has 8 heteroatoms. The van der Waals surface area contributed by atoms with Gasteiger partial charge in [-0.05, 0) is 69.2 Å². The number of carboxylic acids is 1. The van der Waals surface area contributed by atoms with Gasteiger partial charge in [-0.3, -0.25) is 9.69 Å². The Morgan fingerprint density at radius 3 is 2.31 bits per heavy atom. The van der Waals surface area contributed by atoms with E-state index in [2.05, 4.69) is 11.8 Å². The number of aliphatic carboxylic acids is 1. The van der Waals surface area contributed by atoms with Gasteiger partial charge in [0.2, 0.25) is 0 Å². The highest BCUT2D eigenvalue weighted by atomic mass is 32.2. The number of hydrogen-bond acceptors (Lipinski definition) is 7. The second-order valence-electron chi connectivity index (χ2n) is 10.8. The van der Waals surface area contributed by atoms with Crippen LogP contribution in [-0.4, -0.2) is 66.8 Å². The standard InChI is InChI=1S/C31H43NO6S/c1-7-8-9-14-36-20-37-19-32-17-26(27(18-32)28(33)23-10-12-25(39-6)13-11-23)24-15-21(2)29(22(3)16-24)38-31(4,5)30(34)35/h10-13,15-16,26-27H,7-9,14,17-20H2,1-6H3,(H,34,35)/t26-,27+/m0/s1. The summed E-state index contributed by atoms with van der Waals surface area (Å²) in [5.41, 5.74) is 2.11. The SMILES string of the molecule is CCCCCOCOCN1C[C@@H](C(=O)c2ccc(SC)cc2)[C@H](c2cc(C)c(OC(C)(C)C(=O)O)c(C)c2)C1. The Labute approximate surface area is 237 Å². The molecule has 0 aromatic heterocycles. The Kier molecular flexibility index (Phi) is 11.4. The van der Waals surface area contributed by atoms with Gasteiger partial charge in [-0.15, -0.1) is 11.8 Å². The fourth-order valence-corrected chi connectivity index (χ4v) is 5.37. The van der Waals surface area contributed by atoms with Crippen molar-refractivity contribution in [3.63, 3.8) is 0 Å². The van der Waals surface area contributed by atoms with Gasteiger partial charge in [0.15, 0.2) is 11.4 Å². The molecule has 1 saturated heterocycles. The van der Waals surface area contributed by atoms with Crippen LogP contribution >= 0.6 is 11.8 Å². The number of rotatable bonds is 15. The molecule has 0 amide bonds. The molecule has 0 saturated carbocycles. The normalized spacial score (nSPS) is 17.9. The molecular formula is C31H43NO6S. The minimum Gasteiger partial charge on any atom is -0.478 e. The second-order valence-corrected chi connectivity index (χ2v) is 11.7. The van der Waals surface area contributed by atoms with Gasteiger partial charge >= 0.3 is 5.97 Å². The summed E-state index contributed by atoms with van der Waals surface area (Å²) in [6, 6.07) is 11.9. The van der Waals surface area contributed by atoms with E-state index in [-0.39, 0.29) is 24.4 Å². The summed E-state index contributed by atoms with van der Waals surface area (Å²) in [6.45, 7) is 11.7. The molecule has 0 bridgehead atoms. The third kappa shape index (κ3) is 8.30. The quantitative estimate of drug-likeness (QED) is 0.118. The maximum atomic E-state index is 13.8. The molecule has 1 heterocycles. The fraction of sp³-hybridized carbons (Fsp3) is 0.548. The van der Waals surface area contributed by atoms with Gasteiger partial charge in [0, 0.05) is 42.0 Å². The second kappa shape index (κ2) is 14.3. The van der Waals surface area contributed by atoms with Crippen molar-refractivity contribution in [2.45, 2.75) is 70.3 Å². The number of thioether (sulfide) groups is 1. The predicted octanol–water partition coefficient (Wildman–Crippen LogP) is 6.30. The molecule has 0 radical (unpaired) electrons. The number of ether oxygens (including phenoxy) is 3. The number of carboxylic acid groups (broad SMARTS) is 1. The highest BCUT2D eigenvalue weighted by molar-refractivity contribution is 7.98. The van der Waals surface area contributed by atoms with E-state index in [1.165, 1.54) is 0 Å². The molecule has 7 nitrogen and oxygen atoms in total. The molecule has 1 fully saturated rings. The van der Waals surface area contributed by atoms with Crippen molar-refractivity contribution in [1.82, 2.24) is 4.90 Å². The number of carbonyl (C=O) groups is 2. The van der Waals surface area contributed by atoms with Gasteiger partial charge in [-0.2, -0.15) is 0 Å². The van der Waals surface area contributed by atoms with Crippen LogP contribution in [0.3, 0.4) is 0 Å². The summed E-state index contributed by atoms with van der Waals surface area (Å²) in [5.74, 6) is -0.607. The predicted molar refractivity (Wildman–Crippen MR) is 155 cm³/mol. The Balaban J connectivity index is 1.81. The van der Waals surface area contributed by atoms with Crippen molar-refractivity contribution >= 4 is 23.5 Å². The molecule has 2 aromatic carbocycles. The topological polar surface area (TPSA) is 85.3 Å². The Morgan fingerprint density at radius 1 is 1.05 bits per heavy atom. The van der Waals surface area contributed by atoms with E-state index < -0.39 is 11.6 Å². The molecule has 214 valence electrons. The van der Waals surface area contributed by atoms with Gasteiger partial charge in [0.1, 0.15) is 19.3 Å². The van der Waals surface area contributed by atoms with Crippen LogP contribution in [0.2, 0.25) is 0 Å². The highest BCUT2D eigenvalue weighted by Gasteiger charge is 2.39. The van der Waals surface area contributed by atoms with Gasteiger partial charge in [-0.25, -0.2) is 4.79 Å². The molecule has 0 aliphatic carbocycles. The maximum absolute atomic E-state index is 13.8. The number of nitrogens with zero attached hydrogens (tertiary/aromatic N) is 1. The number of carbonyl (C=O) groups excluding carboxylic acids is 1. The number of Topliss-reactive ketones (excluding diaryl/α,β-unsaturated/α-hetero) is 1. The van der Waals surface area contributed by atoms with Crippen LogP contribution in [0, 0.1) is 19.8 Å². The number of aryl methyl sites for hydroxylation is 2. The van der Waals surface area contributed by atoms with E-state index in [1.807, 2.05) is 56.5 Å². The molecule has 0 unspecified atom stereocenters. The van der Waals surface area contributed by atoms with Crippen LogP contribution in [0.1, 0.15) is 73.0 Å². The van der Waals surface area contributed by atoms with Gasteiger partial charge in [0.25, 0.3) is 0 Å². The van der Waals surface area contributed by atoms with Crippen molar-refractivity contribution in [3.8, 4) is 5.75 Å².